The molecule has 0 spiro atoms. The monoisotopic (exact) mass is 405 g/mol. The SMILES string of the molecule is Nc1c(C(=O)c2ccc(Cl)cc2)sc2nc3c(c(-c4cccnc4)c12)CCC3. The van der Waals surface area contributed by atoms with Crippen molar-refractivity contribution in [3.8, 4) is 11.1 Å². The predicted octanol–water partition coefficient (Wildman–Crippen LogP) is 5.31. The van der Waals surface area contributed by atoms with Gasteiger partial charge in [-0.25, -0.2) is 4.98 Å². The minimum Gasteiger partial charge on any atom is -0.397 e. The van der Waals surface area contributed by atoms with Crippen LogP contribution in [0.15, 0.2) is 48.8 Å². The molecule has 0 saturated heterocycles. The Morgan fingerprint density at radius 1 is 1.14 bits per heavy atom. The predicted molar refractivity (Wildman–Crippen MR) is 114 cm³/mol. The molecule has 1 aliphatic rings. The van der Waals surface area contributed by atoms with Crippen LogP contribution >= 0.6 is 22.9 Å². The van der Waals surface area contributed by atoms with Gasteiger partial charge in [0.1, 0.15) is 9.71 Å². The van der Waals surface area contributed by atoms with Gasteiger partial charge in [0.25, 0.3) is 0 Å². The van der Waals surface area contributed by atoms with Crippen LogP contribution in [0.1, 0.15) is 32.9 Å². The number of benzene rings is 1. The average molecular weight is 406 g/mol. The maximum absolute atomic E-state index is 13.1. The summed E-state index contributed by atoms with van der Waals surface area (Å²) in [6, 6.07) is 10.8. The zero-order valence-electron chi connectivity index (χ0n) is 14.9. The lowest BCUT2D eigenvalue weighted by Gasteiger charge is -2.11. The smallest absolute Gasteiger partial charge is 0.205 e. The fourth-order valence-corrected chi connectivity index (χ4v) is 5.09. The Kier molecular flexibility index (Phi) is 4.14. The number of aryl methyl sites for hydroxylation is 1. The van der Waals surface area contributed by atoms with Crippen molar-refractivity contribution in [3.63, 3.8) is 0 Å². The van der Waals surface area contributed by atoms with Crippen molar-refractivity contribution in [2.45, 2.75) is 19.3 Å². The van der Waals surface area contributed by atoms with E-state index in [2.05, 4.69) is 4.98 Å². The summed E-state index contributed by atoms with van der Waals surface area (Å²) in [6.07, 6.45) is 6.62. The zero-order chi connectivity index (χ0) is 19.3. The first-order valence-electron chi connectivity index (χ1n) is 9.08. The Balaban J connectivity index is 1.76. The Morgan fingerprint density at radius 3 is 2.71 bits per heavy atom. The fraction of sp³-hybridized carbons (Fsp3) is 0.136. The fourth-order valence-electron chi connectivity index (χ4n) is 3.88. The molecular weight excluding hydrogens is 390 g/mol. The van der Waals surface area contributed by atoms with Gasteiger partial charge in [0, 0.05) is 45.2 Å². The normalized spacial score (nSPS) is 13.0. The molecule has 4 aromatic rings. The quantitative estimate of drug-likeness (QED) is 0.469. The molecule has 0 radical (unpaired) electrons. The van der Waals surface area contributed by atoms with Crippen molar-refractivity contribution in [1.82, 2.24) is 9.97 Å². The van der Waals surface area contributed by atoms with Crippen LogP contribution in [0.5, 0.6) is 0 Å². The molecule has 0 saturated carbocycles. The third kappa shape index (κ3) is 2.70. The molecule has 0 fully saturated rings. The first-order valence-corrected chi connectivity index (χ1v) is 10.3. The second kappa shape index (κ2) is 6.69. The molecule has 138 valence electrons. The van der Waals surface area contributed by atoms with E-state index in [9.17, 15) is 4.79 Å². The minimum absolute atomic E-state index is 0.102. The van der Waals surface area contributed by atoms with Crippen LogP contribution in [-0.2, 0) is 12.8 Å². The Morgan fingerprint density at radius 2 is 1.96 bits per heavy atom. The first kappa shape index (κ1) is 17.3. The van der Waals surface area contributed by atoms with Crippen molar-refractivity contribution < 1.29 is 4.79 Å². The number of aromatic nitrogens is 2. The lowest BCUT2D eigenvalue weighted by molar-refractivity contribution is 0.104. The number of nitrogens with zero attached hydrogens (tertiary/aromatic N) is 2. The Bertz CT molecular complexity index is 1220. The molecule has 5 rings (SSSR count). The van der Waals surface area contributed by atoms with Crippen LogP contribution in [0.3, 0.4) is 0 Å². The van der Waals surface area contributed by atoms with E-state index >= 15 is 0 Å². The molecule has 2 N–H and O–H groups in total. The highest BCUT2D eigenvalue weighted by Gasteiger charge is 2.26. The lowest BCUT2D eigenvalue weighted by Crippen LogP contribution is -2.02. The van der Waals surface area contributed by atoms with Gasteiger partial charge < -0.3 is 5.73 Å². The summed E-state index contributed by atoms with van der Waals surface area (Å²) in [7, 11) is 0. The maximum atomic E-state index is 13.1. The summed E-state index contributed by atoms with van der Waals surface area (Å²) in [4.78, 5) is 23.6. The van der Waals surface area contributed by atoms with Gasteiger partial charge in [-0.2, -0.15) is 0 Å². The van der Waals surface area contributed by atoms with Crippen LogP contribution in [0.25, 0.3) is 21.3 Å². The third-order valence-electron chi connectivity index (χ3n) is 5.17. The molecule has 1 aliphatic carbocycles. The van der Waals surface area contributed by atoms with Crippen molar-refractivity contribution in [2.75, 3.05) is 5.73 Å². The molecule has 0 atom stereocenters. The molecule has 4 nitrogen and oxygen atoms in total. The van der Waals surface area contributed by atoms with E-state index in [-0.39, 0.29) is 5.78 Å². The highest BCUT2D eigenvalue weighted by atomic mass is 35.5. The summed E-state index contributed by atoms with van der Waals surface area (Å²) < 4.78 is 0. The molecule has 1 aromatic carbocycles. The number of rotatable bonds is 3. The number of carbonyl (C=O) groups is 1. The number of carbonyl (C=O) groups excluding carboxylic acids is 1. The summed E-state index contributed by atoms with van der Waals surface area (Å²) in [5.41, 5.74) is 12.0. The van der Waals surface area contributed by atoms with Gasteiger partial charge in [0.2, 0.25) is 5.78 Å². The number of fused-ring (bicyclic) bond motifs is 2. The summed E-state index contributed by atoms with van der Waals surface area (Å²) in [6.45, 7) is 0. The third-order valence-corrected chi connectivity index (χ3v) is 6.52. The van der Waals surface area contributed by atoms with Gasteiger partial charge in [-0.1, -0.05) is 17.7 Å². The molecular formula is C22H16ClN3OS. The highest BCUT2D eigenvalue weighted by molar-refractivity contribution is 7.21. The van der Waals surface area contributed by atoms with Crippen molar-refractivity contribution in [3.05, 3.63) is 75.5 Å². The van der Waals surface area contributed by atoms with E-state index in [1.807, 2.05) is 18.3 Å². The van der Waals surface area contributed by atoms with Crippen LogP contribution in [0.2, 0.25) is 5.02 Å². The van der Waals surface area contributed by atoms with Crippen molar-refractivity contribution >= 4 is 44.6 Å². The van der Waals surface area contributed by atoms with Crippen LogP contribution < -0.4 is 5.73 Å². The molecule has 0 bridgehead atoms. The number of nitrogens with two attached hydrogens (primary N) is 1. The number of hydrogen-bond donors (Lipinski definition) is 1. The maximum Gasteiger partial charge on any atom is 0.205 e. The second-order valence-electron chi connectivity index (χ2n) is 6.87. The average Bonchev–Trinajstić information content (AvgIpc) is 3.31. The molecule has 28 heavy (non-hydrogen) atoms. The molecule has 6 heteroatoms. The van der Waals surface area contributed by atoms with Gasteiger partial charge in [-0.05, 0) is 55.2 Å². The number of anilines is 1. The van der Waals surface area contributed by atoms with E-state index in [1.54, 1.807) is 30.5 Å². The second-order valence-corrected chi connectivity index (χ2v) is 8.30. The van der Waals surface area contributed by atoms with Crippen LogP contribution in [0.4, 0.5) is 5.69 Å². The molecule has 3 heterocycles. The molecule has 0 unspecified atom stereocenters. The number of ketones is 1. The molecule has 0 aliphatic heterocycles. The van der Waals surface area contributed by atoms with Gasteiger partial charge in [-0.15, -0.1) is 11.3 Å². The van der Waals surface area contributed by atoms with E-state index in [0.717, 1.165) is 46.3 Å². The molecule has 3 aromatic heterocycles. The zero-order valence-corrected chi connectivity index (χ0v) is 16.5. The minimum atomic E-state index is -0.102. The number of hydrogen-bond acceptors (Lipinski definition) is 5. The highest BCUT2D eigenvalue weighted by Crippen LogP contribution is 2.44. The van der Waals surface area contributed by atoms with E-state index in [0.29, 0.717) is 21.2 Å². The Hall–Kier alpha value is -2.76. The van der Waals surface area contributed by atoms with E-state index in [4.69, 9.17) is 22.3 Å². The number of halogens is 1. The van der Waals surface area contributed by atoms with Crippen LogP contribution in [0, 0.1) is 0 Å². The number of thiophene rings is 1. The van der Waals surface area contributed by atoms with E-state index in [1.165, 1.54) is 16.9 Å². The summed E-state index contributed by atoms with van der Waals surface area (Å²) >= 11 is 7.32. The summed E-state index contributed by atoms with van der Waals surface area (Å²) in [5, 5.41) is 1.47. The van der Waals surface area contributed by atoms with Gasteiger partial charge in [-0.3, -0.25) is 9.78 Å². The van der Waals surface area contributed by atoms with Gasteiger partial charge in [0.15, 0.2) is 0 Å². The standard InChI is InChI=1S/C22H16ClN3OS/c23-14-8-6-12(7-9-14)20(27)21-19(24)18-17(13-3-2-10-25-11-13)15-4-1-5-16(15)26-22(18)28-21/h2-3,6-11H,1,4-5,24H2. The lowest BCUT2D eigenvalue weighted by atomic mass is 9.96. The molecule has 0 amide bonds. The Labute approximate surface area is 171 Å². The van der Waals surface area contributed by atoms with Crippen molar-refractivity contribution in [2.24, 2.45) is 0 Å². The van der Waals surface area contributed by atoms with Crippen LogP contribution in [-0.4, -0.2) is 15.8 Å². The summed E-state index contributed by atoms with van der Waals surface area (Å²) in [5.74, 6) is -0.102. The number of nitrogen functional groups attached to an aromatic ring is 1. The number of pyridine rings is 2. The largest absolute Gasteiger partial charge is 0.397 e. The topological polar surface area (TPSA) is 68.9 Å². The van der Waals surface area contributed by atoms with Crippen molar-refractivity contribution in [1.29, 1.82) is 0 Å². The first-order chi connectivity index (χ1) is 13.6. The van der Waals surface area contributed by atoms with Gasteiger partial charge in [0.05, 0.1) is 5.69 Å². The van der Waals surface area contributed by atoms with E-state index < -0.39 is 0 Å². The van der Waals surface area contributed by atoms with Gasteiger partial charge >= 0.3 is 0 Å².